The summed E-state index contributed by atoms with van der Waals surface area (Å²) in [6.45, 7) is 3.83. The third-order valence-corrected chi connectivity index (χ3v) is 4.83. The van der Waals surface area contributed by atoms with Crippen LogP contribution in [0.25, 0.3) is 10.9 Å². The van der Waals surface area contributed by atoms with Gasteiger partial charge in [-0.15, -0.1) is 0 Å². The molecule has 0 spiro atoms. The minimum atomic E-state index is -0.0850. The lowest BCUT2D eigenvalue weighted by Gasteiger charge is -2.40. The predicted octanol–water partition coefficient (Wildman–Crippen LogP) is 3.06. The van der Waals surface area contributed by atoms with E-state index in [0.717, 1.165) is 54.6 Å². The summed E-state index contributed by atoms with van der Waals surface area (Å²) in [5, 5.41) is 0.954. The van der Waals surface area contributed by atoms with Crippen molar-refractivity contribution in [2.75, 3.05) is 32.2 Å². The monoisotopic (exact) mass is 314 g/mol. The fourth-order valence-electron chi connectivity index (χ4n) is 3.15. The van der Waals surface area contributed by atoms with Crippen molar-refractivity contribution in [1.82, 2.24) is 4.98 Å². The average molecular weight is 314 g/mol. The van der Waals surface area contributed by atoms with Crippen molar-refractivity contribution in [3.8, 4) is 5.75 Å². The van der Waals surface area contributed by atoms with Gasteiger partial charge in [0.05, 0.1) is 29.5 Å². The van der Waals surface area contributed by atoms with Gasteiger partial charge in [-0.3, -0.25) is 9.78 Å². The summed E-state index contributed by atoms with van der Waals surface area (Å²) in [4.78, 5) is 18.2. The molecule has 0 unspecified atom stereocenters. The number of fused-ring (bicyclic) bond motifs is 1. The summed E-state index contributed by atoms with van der Waals surface area (Å²) >= 11 is 0. The smallest absolute Gasteiger partial charge is 0.153 e. The quantitative estimate of drug-likeness (QED) is 0.812. The molecule has 1 saturated heterocycles. The molecule has 0 saturated carbocycles. The molecular formula is C18H22N2O3. The SMILES string of the molecule is COc1ccc2ncc(C=O)c(N3CCC(C)(OC)CC3)c2c1. The lowest BCUT2D eigenvalue weighted by molar-refractivity contribution is -0.0132. The number of aldehydes is 1. The molecule has 23 heavy (non-hydrogen) atoms. The van der Waals surface area contributed by atoms with Crippen LogP contribution in [-0.4, -0.2) is 44.2 Å². The third-order valence-electron chi connectivity index (χ3n) is 4.83. The molecule has 0 atom stereocenters. The molecule has 0 aliphatic carbocycles. The number of aromatic nitrogens is 1. The number of hydrogen-bond acceptors (Lipinski definition) is 5. The van der Waals surface area contributed by atoms with Gasteiger partial charge in [-0.1, -0.05) is 0 Å². The summed E-state index contributed by atoms with van der Waals surface area (Å²) in [6, 6.07) is 5.77. The zero-order valence-corrected chi connectivity index (χ0v) is 13.8. The van der Waals surface area contributed by atoms with Crippen molar-refractivity contribution in [3.05, 3.63) is 30.0 Å². The molecule has 1 aromatic carbocycles. The molecule has 2 heterocycles. The normalized spacial score (nSPS) is 17.3. The van der Waals surface area contributed by atoms with Crippen molar-refractivity contribution < 1.29 is 14.3 Å². The third kappa shape index (κ3) is 2.88. The number of carbonyl (C=O) groups excluding carboxylic acids is 1. The maximum atomic E-state index is 11.5. The standard InChI is InChI=1S/C18H22N2O3/c1-18(23-3)6-8-20(9-7-18)17-13(12-21)11-19-16-5-4-14(22-2)10-15(16)17/h4-5,10-12H,6-9H2,1-3H3. The van der Waals surface area contributed by atoms with Crippen molar-refractivity contribution in [2.24, 2.45) is 0 Å². The van der Waals surface area contributed by atoms with Crippen LogP contribution in [0.4, 0.5) is 5.69 Å². The first-order valence-electron chi connectivity index (χ1n) is 7.82. The summed E-state index contributed by atoms with van der Waals surface area (Å²) in [5.74, 6) is 0.766. The molecule has 0 amide bonds. The number of methoxy groups -OCH3 is 2. The van der Waals surface area contributed by atoms with Gasteiger partial charge in [0, 0.05) is 31.8 Å². The highest BCUT2D eigenvalue weighted by atomic mass is 16.5. The van der Waals surface area contributed by atoms with E-state index in [2.05, 4.69) is 16.8 Å². The maximum Gasteiger partial charge on any atom is 0.153 e. The largest absolute Gasteiger partial charge is 0.497 e. The molecule has 1 aromatic heterocycles. The number of hydrogen-bond donors (Lipinski definition) is 0. The highest BCUT2D eigenvalue weighted by molar-refractivity contribution is 6.01. The van der Waals surface area contributed by atoms with E-state index in [0.29, 0.717) is 5.56 Å². The first-order valence-corrected chi connectivity index (χ1v) is 7.82. The van der Waals surface area contributed by atoms with Crippen molar-refractivity contribution in [2.45, 2.75) is 25.4 Å². The predicted molar refractivity (Wildman–Crippen MR) is 90.5 cm³/mol. The number of rotatable bonds is 4. The number of pyridine rings is 1. The Labute approximate surface area is 136 Å². The Kier molecular flexibility index (Phi) is 4.22. The van der Waals surface area contributed by atoms with Gasteiger partial charge >= 0.3 is 0 Å². The molecule has 122 valence electrons. The maximum absolute atomic E-state index is 11.5. The van der Waals surface area contributed by atoms with E-state index < -0.39 is 0 Å². The van der Waals surface area contributed by atoms with Crippen molar-refractivity contribution in [1.29, 1.82) is 0 Å². The lowest BCUT2D eigenvalue weighted by Crippen LogP contribution is -2.44. The van der Waals surface area contributed by atoms with Gasteiger partial charge in [0.25, 0.3) is 0 Å². The second kappa shape index (κ2) is 6.16. The molecule has 5 heteroatoms. The summed E-state index contributed by atoms with van der Waals surface area (Å²) in [5.41, 5.74) is 2.35. The van der Waals surface area contributed by atoms with Crippen LogP contribution in [-0.2, 0) is 4.74 Å². The molecule has 3 rings (SSSR count). The Hall–Kier alpha value is -2.14. The Balaban J connectivity index is 2.06. The van der Waals surface area contributed by atoms with E-state index >= 15 is 0 Å². The Bertz CT molecular complexity index is 722. The number of carbonyl (C=O) groups is 1. The highest BCUT2D eigenvalue weighted by Gasteiger charge is 2.31. The minimum Gasteiger partial charge on any atom is -0.497 e. The van der Waals surface area contributed by atoms with Crippen LogP contribution in [0, 0.1) is 0 Å². The first-order chi connectivity index (χ1) is 11.1. The number of anilines is 1. The highest BCUT2D eigenvalue weighted by Crippen LogP contribution is 2.35. The summed E-state index contributed by atoms with van der Waals surface area (Å²) < 4.78 is 10.9. The van der Waals surface area contributed by atoms with Crippen LogP contribution in [0.2, 0.25) is 0 Å². The second-order valence-corrected chi connectivity index (χ2v) is 6.20. The van der Waals surface area contributed by atoms with E-state index in [1.54, 1.807) is 20.4 Å². The first kappa shape index (κ1) is 15.7. The van der Waals surface area contributed by atoms with Crippen LogP contribution >= 0.6 is 0 Å². The van der Waals surface area contributed by atoms with Crippen LogP contribution in [0.15, 0.2) is 24.4 Å². The van der Waals surface area contributed by atoms with Gasteiger partial charge in [-0.2, -0.15) is 0 Å². The number of ether oxygens (including phenoxy) is 2. The molecule has 5 nitrogen and oxygen atoms in total. The van der Waals surface area contributed by atoms with Crippen LogP contribution < -0.4 is 9.64 Å². The minimum absolute atomic E-state index is 0.0850. The molecule has 2 aromatic rings. The van der Waals surface area contributed by atoms with Gasteiger partial charge in [0.2, 0.25) is 0 Å². The van der Waals surface area contributed by atoms with E-state index in [1.807, 2.05) is 18.2 Å². The number of benzene rings is 1. The molecular weight excluding hydrogens is 292 g/mol. The van der Waals surface area contributed by atoms with E-state index in [9.17, 15) is 4.79 Å². The zero-order chi connectivity index (χ0) is 16.4. The molecule has 0 radical (unpaired) electrons. The van der Waals surface area contributed by atoms with Crippen molar-refractivity contribution in [3.63, 3.8) is 0 Å². The van der Waals surface area contributed by atoms with E-state index in [-0.39, 0.29) is 5.60 Å². The van der Waals surface area contributed by atoms with Gasteiger partial charge in [-0.25, -0.2) is 0 Å². The van der Waals surface area contributed by atoms with Crippen LogP contribution in [0.5, 0.6) is 5.75 Å². The van der Waals surface area contributed by atoms with Gasteiger partial charge < -0.3 is 14.4 Å². The molecule has 1 aliphatic rings. The fraction of sp³-hybridized carbons (Fsp3) is 0.444. The Morgan fingerprint density at radius 1 is 1.26 bits per heavy atom. The van der Waals surface area contributed by atoms with Gasteiger partial charge in [-0.05, 0) is 38.0 Å². The molecule has 0 bridgehead atoms. The average Bonchev–Trinajstić information content (AvgIpc) is 2.61. The van der Waals surface area contributed by atoms with Gasteiger partial charge in [0.1, 0.15) is 5.75 Å². The summed E-state index contributed by atoms with van der Waals surface area (Å²) in [7, 11) is 3.40. The Morgan fingerprint density at radius 3 is 2.61 bits per heavy atom. The van der Waals surface area contributed by atoms with Crippen molar-refractivity contribution >= 4 is 22.9 Å². The number of piperidine rings is 1. The van der Waals surface area contributed by atoms with E-state index in [4.69, 9.17) is 9.47 Å². The molecule has 0 N–H and O–H groups in total. The Morgan fingerprint density at radius 2 is 2.00 bits per heavy atom. The number of nitrogens with zero attached hydrogens (tertiary/aromatic N) is 2. The fourth-order valence-corrected chi connectivity index (χ4v) is 3.15. The topological polar surface area (TPSA) is 51.7 Å². The van der Waals surface area contributed by atoms with Gasteiger partial charge in [0.15, 0.2) is 6.29 Å². The molecule has 1 fully saturated rings. The zero-order valence-electron chi connectivity index (χ0n) is 13.8. The second-order valence-electron chi connectivity index (χ2n) is 6.20. The summed E-state index contributed by atoms with van der Waals surface area (Å²) in [6.07, 6.45) is 4.39. The molecule has 1 aliphatic heterocycles. The van der Waals surface area contributed by atoms with Crippen LogP contribution in [0.1, 0.15) is 30.1 Å². The van der Waals surface area contributed by atoms with E-state index in [1.165, 1.54) is 0 Å². The lowest BCUT2D eigenvalue weighted by atomic mass is 9.92. The van der Waals surface area contributed by atoms with Crippen LogP contribution in [0.3, 0.4) is 0 Å².